The maximum atomic E-state index is 14.2. The molecule has 0 bridgehead atoms. The number of amides is 1. The molecule has 2 aromatic heterocycles. The van der Waals surface area contributed by atoms with E-state index in [0.717, 1.165) is 18.2 Å². The Labute approximate surface area is 177 Å². The van der Waals surface area contributed by atoms with Gasteiger partial charge in [-0.2, -0.15) is 23.4 Å². The number of nitrogens with zero attached hydrogens (tertiary/aromatic N) is 4. The monoisotopic (exact) mass is 447 g/mol. The van der Waals surface area contributed by atoms with E-state index in [-0.39, 0.29) is 28.2 Å². The molecule has 0 atom stereocenters. The Balaban J connectivity index is 1.60. The third-order valence-electron chi connectivity index (χ3n) is 4.54. The van der Waals surface area contributed by atoms with Gasteiger partial charge >= 0.3 is 6.18 Å². The number of aromatic nitrogens is 4. The van der Waals surface area contributed by atoms with Crippen molar-refractivity contribution in [2.24, 2.45) is 7.05 Å². The van der Waals surface area contributed by atoms with Crippen LogP contribution in [0.15, 0.2) is 61.1 Å². The van der Waals surface area contributed by atoms with Gasteiger partial charge in [0.25, 0.3) is 5.91 Å². The van der Waals surface area contributed by atoms with Crippen molar-refractivity contribution < 1.29 is 26.7 Å². The third kappa shape index (κ3) is 4.22. The van der Waals surface area contributed by atoms with E-state index in [4.69, 9.17) is 0 Å². The molecule has 11 heteroatoms. The number of rotatable bonds is 4. The number of hydrogen-bond acceptors (Lipinski definition) is 3. The largest absolute Gasteiger partial charge is 0.416 e. The summed E-state index contributed by atoms with van der Waals surface area (Å²) in [4.78, 5) is 12.8. The summed E-state index contributed by atoms with van der Waals surface area (Å²) in [7, 11) is 1.54. The van der Waals surface area contributed by atoms with Crippen molar-refractivity contribution in [2.75, 3.05) is 5.32 Å². The molecule has 0 fully saturated rings. The standard InChI is InChI=1S/C21H14F5N5O/c1-30-11-17(19(29-30)16-6-5-13(22)8-18(16)23)20(32)28-14-9-27-31(10-14)15-4-2-3-12(7-15)21(24,25)26/h2-11H,1H3,(H,28,32). The highest BCUT2D eigenvalue weighted by Crippen LogP contribution is 2.30. The summed E-state index contributed by atoms with van der Waals surface area (Å²) in [6.45, 7) is 0. The van der Waals surface area contributed by atoms with Crippen LogP contribution in [0.5, 0.6) is 0 Å². The first-order valence-corrected chi connectivity index (χ1v) is 9.14. The van der Waals surface area contributed by atoms with Crippen LogP contribution in [0.4, 0.5) is 27.6 Å². The predicted octanol–water partition coefficient (Wildman–Crippen LogP) is 4.82. The van der Waals surface area contributed by atoms with Crippen LogP contribution >= 0.6 is 0 Å². The normalized spacial score (nSPS) is 11.6. The molecule has 2 heterocycles. The van der Waals surface area contributed by atoms with Gasteiger partial charge in [0, 0.05) is 24.9 Å². The van der Waals surface area contributed by atoms with E-state index in [1.165, 1.54) is 53.2 Å². The molecule has 0 saturated carbocycles. The van der Waals surface area contributed by atoms with E-state index in [1.807, 2.05) is 0 Å². The Kier molecular flexibility index (Phi) is 5.25. The van der Waals surface area contributed by atoms with Crippen LogP contribution in [-0.4, -0.2) is 25.5 Å². The first-order chi connectivity index (χ1) is 15.1. The highest BCUT2D eigenvalue weighted by molar-refractivity contribution is 6.08. The molecule has 1 amide bonds. The average Bonchev–Trinajstić information content (AvgIpc) is 3.34. The highest BCUT2D eigenvalue weighted by Gasteiger charge is 2.30. The van der Waals surface area contributed by atoms with Crippen molar-refractivity contribution in [3.05, 3.63) is 83.8 Å². The average molecular weight is 447 g/mol. The lowest BCUT2D eigenvalue weighted by molar-refractivity contribution is -0.137. The zero-order chi connectivity index (χ0) is 23.0. The molecule has 2 aromatic carbocycles. The molecule has 0 unspecified atom stereocenters. The van der Waals surface area contributed by atoms with Gasteiger partial charge in [-0.1, -0.05) is 6.07 Å². The van der Waals surface area contributed by atoms with Crippen LogP contribution in [0, 0.1) is 11.6 Å². The summed E-state index contributed by atoms with van der Waals surface area (Å²) < 4.78 is 68.7. The van der Waals surface area contributed by atoms with Crippen molar-refractivity contribution >= 4 is 11.6 Å². The quantitative estimate of drug-likeness (QED) is 0.456. The Morgan fingerprint density at radius 2 is 1.84 bits per heavy atom. The van der Waals surface area contributed by atoms with Gasteiger partial charge in [-0.3, -0.25) is 9.48 Å². The van der Waals surface area contributed by atoms with Crippen molar-refractivity contribution in [2.45, 2.75) is 6.18 Å². The minimum absolute atomic E-state index is 0.00719. The van der Waals surface area contributed by atoms with Gasteiger partial charge in [-0.05, 0) is 30.3 Å². The molecular formula is C21H14F5N5O. The topological polar surface area (TPSA) is 64.7 Å². The Hall–Kier alpha value is -4.02. The Morgan fingerprint density at radius 1 is 1.06 bits per heavy atom. The molecular weight excluding hydrogens is 433 g/mol. The molecule has 0 aliphatic rings. The maximum absolute atomic E-state index is 14.2. The maximum Gasteiger partial charge on any atom is 0.416 e. The number of carbonyl (C=O) groups excluding carboxylic acids is 1. The first-order valence-electron chi connectivity index (χ1n) is 9.14. The van der Waals surface area contributed by atoms with Crippen LogP contribution in [0.3, 0.4) is 0 Å². The second-order valence-corrected chi connectivity index (χ2v) is 6.87. The number of halogens is 5. The van der Waals surface area contributed by atoms with Gasteiger partial charge < -0.3 is 5.32 Å². The lowest BCUT2D eigenvalue weighted by Crippen LogP contribution is -2.12. The van der Waals surface area contributed by atoms with E-state index in [9.17, 15) is 26.7 Å². The summed E-state index contributed by atoms with van der Waals surface area (Å²) in [6, 6.07) is 7.46. The number of alkyl halides is 3. The number of carbonyl (C=O) groups is 1. The second kappa shape index (κ2) is 7.91. The van der Waals surface area contributed by atoms with Crippen molar-refractivity contribution in [3.8, 4) is 16.9 Å². The Morgan fingerprint density at radius 3 is 2.56 bits per heavy atom. The smallest absolute Gasteiger partial charge is 0.319 e. The van der Waals surface area contributed by atoms with Gasteiger partial charge in [0.2, 0.25) is 0 Å². The third-order valence-corrected chi connectivity index (χ3v) is 4.54. The molecule has 4 rings (SSSR count). The van der Waals surface area contributed by atoms with Crippen LogP contribution < -0.4 is 5.32 Å². The summed E-state index contributed by atoms with van der Waals surface area (Å²) in [5.74, 6) is -2.30. The van der Waals surface area contributed by atoms with Gasteiger partial charge in [-0.25, -0.2) is 13.5 Å². The van der Waals surface area contributed by atoms with Crippen LogP contribution in [0.25, 0.3) is 16.9 Å². The number of benzene rings is 2. The fourth-order valence-corrected chi connectivity index (χ4v) is 3.09. The Bertz CT molecular complexity index is 1310. The van der Waals surface area contributed by atoms with E-state index >= 15 is 0 Å². The van der Waals surface area contributed by atoms with Crippen molar-refractivity contribution in [3.63, 3.8) is 0 Å². The van der Waals surface area contributed by atoms with E-state index in [1.54, 1.807) is 0 Å². The number of anilines is 1. The summed E-state index contributed by atoms with van der Waals surface area (Å²) in [5, 5.41) is 10.6. The van der Waals surface area contributed by atoms with Gasteiger partial charge in [0.1, 0.15) is 17.3 Å². The van der Waals surface area contributed by atoms with E-state index in [0.29, 0.717) is 6.07 Å². The van der Waals surface area contributed by atoms with Gasteiger partial charge in [0.15, 0.2) is 0 Å². The molecule has 1 N–H and O–H groups in total. The summed E-state index contributed by atoms with van der Waals surface area (Å²) in [5.41, 5.74) is -0.524. The summed E-state index contributed by atoms with van der Waals surface area (Å²) >= 11 is 0. The first kappa shape index (κ1) is 21.2. The van der Waals surface area contributed by atoms with Crippen molar-refractivity contribution in [1.29, 1.82) is 0 Å². The minimum Gasteiger partial charge on any atom is -0.319 e. The molecule has 6 nitrogen and oxygen atoms in total. The molecule has 4 aromatic rings. The molecule has 32 heavy (non-hydrogen) atoms. The van der Waals surface area contributed by atoms with Crippen LogP contribution in [0.1, 0.15) is 15.9 Å². The SMILES string of the molecule is Cn1cc(C(=O)Nc2cnn(-c3cccc(C(F)(F)F)c3)c2)c(-c2ccc(F)cc2F)n1. The molecule has 0 radical (unpaired) electrons. The number of hydrogen-bond donors (Lipinski definition) is 1. The number of aryl methyl sites for hydroxylation is 1. The van der Waals surface area contributed by atoms with E-state index in [2.05, 4.69) is 15.5 Å². The predicted molar refractivity (Wildman–Crippen MR) is 105 cm³/mol. The molecule has 164 valence electrons. The van der Waals surface area contributed by atoms with Gasteiger partial charge in [0.05, 0.1) is 34.9 Å². The second-order valence-electron chi connectivity index (χ2n) is 6.87. The minimum atomic E-state index is -4.51. The summed E-state index contributed by atoms with van der Waals surface area (Å²) in [6.07, 6.45) is -0.550. The van der Waals surface area contributed by atoms with Crippen molar-refractivity contribution in [1.82, 2.24) is 19.6 Å². The zero-order valence-electron chi connectivity index (χ0n) is 16.4. The highest BCUT2D eigenvalue weighted by atomic mass is 19.4. The van der Waals surface area contributed by atoms with Crippen LogP contribution in [0.2, 0.25) is 0 Å². The van der Waals surface area contributed by atoms with Crippen LogP contribution in [-0.2, 0) is 13.2 Å². The molecule has 0 spiro atoms. The molecule has 0 aliphatic heterocycles. The fourth-order valence-electron chi connectivity index (χ4n) is 3.09. The molecule has 0 aliphatic carbocycles. The molecule has 0 saturated heterocycles. The van der Waals surface area contributed by atoms with Gasteiger partial charge in [-0.15, -0.1) is 0 Å². The lowest BCUT2D eigenvalue weighted by atomic mass is 10.1. The lowest BCUT2D eigenvalue weighted by Gasteiger charge is -2.08. The fraction of sp³-hybridized carbons (Fsp3) is 0.0952. The zero-order valence-corrected chi connectivity index (χ0v) is 16.4. The van der Waals surface area contributed by atoms with E-state index < -0.39 is 29.3 Å². The number of nitrogens with one attached hydrogen (secondary N) is 1.